The van der Waals surface area contributed by atoms with Crippen LogP contribution < -0.4 is 0 Å². The van der Waals surface area contributed by atoms with Crippen molar-refractivity contribution in [2.24, 2.45) is 0 Å². The molecule has 0 aromatic heterocycles. The topological polar surface area (TPSA) is 101 Å². The number of amides is 2. The summed E-state index contributed by atoms with van der Waals surface area (Å²) in [6, 6.07) is -0.186. The van der Waals surface area contributed by atoms with Crippen LogP contribution in [-0.2, 0) is 9.59 Å². The molecule has 2 rings (SSSR count). The highest BCUT2D eigenvalue weighted by atomic mass is 16.4. The SMILES string of the molecule is O=C(O)CN(CC(=O)O)C(=O)N1CCC(N2CCCC2)C1. The third-order valence-corrected chi connectivity index (χ3v) is 4.01. The Morgan fingerprint density at radius 2 is 1.57 bits per heavy atom. The van der Waals surface area contributed by atoms with Crippen LogP contribution in [-0.4, -0.2) is 88.2 Å². The number of carbonyl (C=O) groups excluding carboxylic acids is 1. The number of carboxylic acids is 2. The molecule has 0 spiro atoms. The Balaban J connectivity index is 1.93. The third-order valence-electron chi connectivity index (χ3n) is 4.01. The molecule has 8 heteroatoms. The van der Waals surface area contributed by atoms with Gasteiger partial charge in [0.05, 0.1) is 0 Å². The van der Waals surface area contributed by atoms with Gasteiger partial charge in [-0.3, -0.25) is 14.5 Å². The molecule has 2 amide bonds. The van der Waals surface area contributed by atoms with Crippen molar-refractivity contribution in [3.05, 3.63) is 0 Å². The molecular formula is C13H21N3O5. The van der Waals surface area contributed by atoms with Crippen molar-refractivity contribution >= 4 is 18.0 Å². The van der Waals surface area contributed by atoms with Crippen molar-refractivity contribution in [1.82, 2.24) is 14.7 Å². The number of hydrogen-bond donors (Lipinski definition) is 2. The first-order valence-electron chi connectivity index (χ1n) is 7.19. The minimum Gasteiger partial charge on any atom is -0.480 e. The molecule has 8 nitrogen and oxygen atoms in total. The molecule has 0 aromatic rings. The van der Waals surface area contributed by atoms with Gasteiger partial charge in [0.2, 0.25) is 0 Å². The average molecular weight is 299 g/mol. The van der Waals surface area contributed by atoms with Gasteiger partial charge in [-0.25, -0.2) is 4.79 Å². The lowest BCUT2D eigenvalue weighted by Crippen LogP contribution is -2.47. The molecule has 2 N–H and O–H groups in total. The summed E-state index contributed by atoms with van der Waals surface area (Å²) < 4.78 is 0. The van der Waals surface area contributed by atoms with Gasteiger partial charge in [0.25, 0.3) is 0 Å². The Morgan fingerprint density at radius 3 is 2.10 bits per heavy atom. The summed E-state index contributed by atoms with van der Waals surface area (Å²) in [5.41, 5.74) is 0. The van der Waals surface area contributed by atoms with Crippen LogP contribution in [0.3, 0.4) is 0 Å². The van der Waals surface area contributed by atoms with E-state index in [1.807, 2.05) is 0 Å². The van der Waals surface area contributed by atoms with Crippen LogP contribution >= 0.6 is 0 Å². The molecule has 0 saturated carbocycles. The maximum Gasteiger partial charge on any atom is 0.323 e. The van der Waals surface area contributed by atoms with Gasteiger partial charge < -0.3 is 20.0 Å². The van der Waals surface area contributed by atoms with E-state index in [2.05, 4.69) is 4.90 Å². The monoisotopic (exact) mass is 299 g/mol. The molecule has 2 saturated heterocycles. The van der Waals surface area contributed by atoms with Crippen molar-refractivity contribution in [2.45, 2.75) is 25.3 Å². The summed E-state index contributed by atoms with van der Waals surface area (Å²) in [6.07, 6.45) is 3.21. The molecule has 0 aromatic carbocycles. The van der Waals surface area contributed by atoms with Gasteiger partial charge in [-0.2, -0.15) is 0 Å². The molecule has 1 unspecified atom stereocenters. The summed E-state index contributed by atoms with van der Waals surface area (Å²) in [6.45, 7) is 2.01. The van der Waals surface area contributed by atoms with E-state index in [4.69, 9.17) is 10.2 Å². The van der Waals surface area contributed by atoms with Crippen LogP contribution in [0.25, 0.3) is 0 Å². The van der Waals surface area contributed by atoms with Gasteiger partial charge in [-0.05, 0) is 32.4 Å². The first-order chi connectivity index (χ1) is 9.97. The number of hydrogen-bond acceptors (Lipinski definition) is 4. The number of nitrogens with zero attached hydrogens (tertiary/aromatic N) is 3. The number of carbonyl (C=O) groups is 3. The molecular weight excluding hydrogens is 278 g/mol. The van der Waals surface area contributed by atoms with Crippen LogP contribution in [0.4, 0.5) is 4.79 Å². The van der Waals surface area contributed by atoms with E-state index in [1.54, 1.807) is 4.90 Å². The van der Waals surface area contributed by atoms with Gasteiger partial charge in [-0.1, -0.05) is 0 Å². The predicted molar refractivity (Wildman–Crippen MR) is 73.0 cm³/mol. The van der Waals surface area contributed by atoms with Crippen LogP contribution in [0.1, 0.15) is 19.3 Å². The van der Waals surface area contributed by atoms with E-state index in [9.17, 15) is 14.4 Å². The molecule has 21 heavy (non-hydrogen) atoms. The molecule has 0 aliphatic carbocycles. The minimum absolute atomic E-state index is 0.313. The van der Waals surface area contributed by atoms with Gasteiger partial charge in [0, 0.05) is 19.1 Å². The van der Waals surface area contributed by atoms with E-state index in [0.29, 0.717) is 19.1 Å². The molecule has 0 radical (unpaired) electrons. The standard InChI is InChI=1S/C13H21N3O5/c17-11(18)8-16(9-12(19)20)13(21)15-6-3-10(7-15)14-4-1-2-5-14/h10H,1-9H2,(H,17,18)(H,19,20). The zero-order chi connectivity index (χ0) is 15.4. The van der Waals surface area contributed by atoms with Gasteiger partial charge in [0.15, 0.2) is 0 Å². The van der Waals surface area contributed by atoms with E-state index >= 15 is 0 Å². The molecule has 2 fully saturated rings. The van der Waals surface area contributed by atoms with E-state index in [1.165, 1.54) is 12.8 Å². The zero-order valence-corrected chi connectivity index (χ0v) is 11.9. The number of aliphatic carboxylic acids is 2. The van der Waals surface area contributed by atoms with Gasteiger partial charge >= 0.3 is 18.0 Å². The maximum atomic E-state index is 12.3. The zero-order valence-electron chi connectivity index (χ0n) is 11.9. The van der Waals surface area contributed by atoms with Gasteiger partial charge in [-0.15, -0.1) is 0 Å². The van der Waals surface area contributed by atoms with Crippen molar-refractivity contribution in [1.29, 1.82) is 0 Å². The van der Waals surface area contributed by atoms with Crippen LogP contribution in [0, 0.1) is 0 Å². The van der Waals surface area contributed by atoms with Crippen molar-refractivity contribution in [3.8, 4) is 0 Å². The number of urea groups is 1. The van der Waals surface area contributed by atoms with E-state index in [-0.39, 0.29) is 0 Å². The van der Waals surface area contributed by atoms with Crippen LogP contribution in [0.2, 0.25) is 0 Å². The first kappa shape index (κ1) is 15.6. The second kappa shape index (κ2) is 6.75. The van der Waals surface area contributed by atoms with Crippen LogP contribution in [0.15, 0.2) is 0 Å². The van der Waals surface area contributed by atoms with E-state index in [0.717, 1.165) is 24.4 Å². The van der Waals surface area contributed by atoms with E-state index < -0.39 is 31.1 Å². The Hall–Kier alpha value is -1.83. The molecule has 0 bridgehead atoms. The minimum atomic E-state index is -1.21. The highest BCUT2D eigenvalue weighted by Crippen LogP contribution is 2.21. The smallest absolute Gasteiger partial charge is 0.323 e. The number of rotatable bonds is 5. The number of carboxylic acid groups (broad SMARTS) is 2. The van der Waals surface area contributed by atoms with Gasteiger partial charge in [0.1, 0.15) is 13.1 Å². The highest BCUT2D eigenvalue weighted by molar-refractivity contribution is 5.84. The Kier molecular flexibility index (Phi) is 5.00. The molecule has 2 aliphatic heterocycles. The predicted octanol–water partition coefficient (Wildman–Crippen LogP) is -0.252. The van der Waals surface area contributed by atoms with Crippen molar-refractivity contribution in [2.75, 3.05) is 39.3 Å². The van der Waals surface area contributed by atoms with Crippen LogP contribution in [0.5, 0.6) is 0 Å². The highest BCUT2D eigenvalue weighted by Gasteiger charge is 2.34. The Labute approximate surface area is 122 Å². The molecule has 1 atom stereocenters. The Morgan fingerprint density at radius 1 is 1.00 bits per heavy atom. The third kappa shape index (κ3) is 4.07. The quantitative estimate of drug-likeness (QED) is 0.726. The summed E-state index contributed by atoms with van der Waals surface area (Å²) in [5.74, 6) is -2.42. The second-order valence-corrected chi connectivity index (χ2v) is 5.56. The largest absolute Gasteiger partial charge is 0.480 e. The lowest BCUT2D eigenvalue weighted by Gasteiger charge is -2.27. The first-order valence-corrected chi connectivity index (χ1v) is 7.19. The lowest BCUT2D eigenvalue weighted by molar-refractivity contribution is -0.140. The maximum absolute atomic E-state index is 12.3. The summed E-state index contributed by atoms with van der Waals surface area (Å²) >= 11 is 0. The molecule has 118 valence electrons. The fourth-order valence-corrected chi connectivity index (χ4v) is 3.04. The molecule has 2 heterocycles. The summed E-state index contributed by atoms with van der Waals surface area (Å²) in [5, 5.41) is 17.6. The van der Waals surface area contributed by atoms with Crippen molar-refractivity contribution in [3.63, 3.8) is 0 Å². The lowest BCUT2D eigenvalue weighted by atomic mass is 10.2. The fourth-order valence-electron chi connectivity index (χ4n) is 3.04. The molecule has 2 aliphatic rings. The summed E-state index contributed by atoms with van der Waals surface area (Å²) in [4.78, 5) is 38.6. The number of likely N-dealkylation sites (tertiary alicyclic amines) is 2. The summed E-state index contributed by atoms with van der Waals surface area (Å²) in [7, 11) is 0. The Bertz CT molecular complexity index is 406. The second-order valence-electron chi connectivity index (χ2n) is 5.56. The average Bonchev–Trinajstić information content (AvgIpc) is 3.06. The fraction of sp³-hybridized carbons (Fsp3) is 0.769. The normalized spacial score (nSPS) is 22.5. The van der Waals surface area contributed by atoms with Crippen molar-refractivity contribution < 1.29 is 24.6 Å².